The van der Waals surface area contributed by atoms with Gasteiger partial charge in [0.25, 0.3) is 0 Å². The lowest BCUT2D eigenvalue weighted by Gasteiger charge is -2.61. The van der Waals surface area contributed by atoms with Crippen LogP contribution in [0, 0.1) is 22.7 Å². The van der Waals surface area contributed by atoms with Crippen molar-refractivity contribution in [3.05, 3.63) is 24.2 Å². The van der Waals surface area contributed by atoms with Crippen LogP contribution in [0.1, 0.15) is 45.6 Å². The minimum atomic E-state index is -1.14. The molecule has 1 aliphatic heterocycles. The third-order valence-corrected chi connectivity index (χ3v) is 8.02. The Morgan fingerprint density at radius 2 is 2.17 bits per heavy atom. The Hall–Kier alpha value is -1.70. The summed E-state index contributed by atoms with van der Waals surface area (Å²) in [4.78, 5) is 25.2. The van der Waals surface area contributed by atoms with Gasteiger partial charge in [-0.05, 0) is 30.4 Å². The van der Waals surface area contributed by atoms with E-state index in [1.54, 1.807) is 18.6 Å². The summed E-state index contributed by atoms with van der Waals surface area (Å²) in [5, 5.41) is 22.6. The summed E-state index contributed by atoms with van der Waals surface area (Å²) in [5.41, 5.74) is -1.78. The Kier molecular flexibility index (Phi) is 4.91. The van der Waals surface area contributed by atoms with E-state index in [2.05, 4.69) is 0 Å². The Bertz CT molecular complexity index is 783. The zero-order valence-electron chi connectivity index (χ0n) is 17.2. The van der Waals surface area contributed by atoms with Gasteiger partial charge in [0.1, 0.15) is 23.4 Å². The molecule has 0 amide bonds. The second kappa shape index (κ2) is 6.93. The quantitative estimate of drug-likeness (QED) is 0.568. The first-order valence-corrected chi connectivity index (χ1v) is 10.4. The number of rotatable bonds is 5. The molecule has 2 N–H and O–H groups in total. The van der Waals surface area contributed by atoms with E-state index in [4.69, 9.17) is 13.9 Å². The largest absolute Gasteiger partial charge is 0.472 e. The van der Waals surface area contributed by atoms with Crippen molar-refractivity contribution in [3.63, 3.8) is 0 Å². The Morgan fingerprint density at radius 3 is 2.76 bits per heavy atom. The highest BCUT2D eigenvalue weighted by Gasteiger charge is 2.77. The monoisotopic (exact) mass is 406 g/mol. The normalized spacial score (nSPS) is 42.4. The minimum absolute atomic E-state index is 0.0412. The summed E-state index contributed by atoms with van der Waals surface area (Å²) in [6, 6.07) is 1.81. The molecule has 0 bridgehead atoms. The number of epoxide rings is 1. The summed E-state index contributed by atoms with van der Waals surface area (Å²) >= 11 is 0. The van der Waals surface area contributed by atoms with E-state index in [0.717, 1.165) is 5.56 Å². The molecule has 2 saturated carbocycles. The standard InChI is InChI=1S/C22H30O7/c1-13-8-18(26)22(12-28-14(2)23)19(16(24)4-6-21(22)11-29-21)20(13,3)17(25)9-15-5-7-27-10-15/h5,7,10,13,16-17,19,24-25H,4,6,8-9,11-12H2,1-3H3/t13-,16+,17-,19-,20-,21+,22-/m1/s1. The molecule has 4 rings (SSSR count). The van der Waals surface area contributed by atoms with Crippen LogP contribution in [0.3, 0.4) is 0 Å². The SMILES string of the molecule is CC(=O)OC[C@@]12C(=O)C[C@@H](C)[C@](C)([C@H](O)Cc3ccoc3)[C@H]1[C@@H](O)CC[C@]21CO1. The van der Waals surface area contributed by atoms with Gasteiger partial charge in [0.15, 0.2) is 0 Å². The Labute approximate surface area is 170 Å². The van der Waals surface area contributed by atoms with E-state index >= 15 is 0 Å². The number of hydrogen-bond donors (Lipinski definition) is 2. The number of esters is 1. The number of carbonyl (C=O) groups is 2. The van der Waals surface area contributed by atoms with Gasteiger partial charge in [0, 0.05) is 31.1 Å². The van der Waals surface area contributed by atoms with Crippen molar-refractivity contribution in [1.82, 2.24) is 0 Å². The topological polar surface area (TPSA) is 110 Å². The Morgan fingerprint density at radius 1 is 1.45 bits per heavy atom. The summed E-state index contributed by atoms with van der Waals surface area (Å²) < 4.78 is 16.4. The zero-order chi connectivity index (χ0) is 21.0. The molecule has 0 aromatic carbocycles. The van der Waals surface area contributed by atoms with Gasteiger partial charge < -0.3 is 24.1 Å². The van der Waals surface area contributed by atoms with Crippen LogP contribution in [0.25, 0.3) is 0 Å². The predicted molar refractivity (Wildman–Crippen MR) is 102 cm³/mol. The fourth-order valence-corrected chi connectivity index (χ4v) is 6.14. The van der Waals surface area contributed by atoms with E-state index in [1.165, 1.54) is 6.92 Å². The van der Waals surface area contributed by atoms with Crippen LogP contribution in [0.2, 0.25) is 0 Å². The highest BCUT2D eigenvalue weighted by atomic mass is 16.6. The van der Waals surface area contributed by atoms with E-state index in [9.17, 15) is 19.8 Å². The van der Waals surface area contributed by atoms with Crippen molar-refractivity contribution >= 4 is 11.8 Å². The molecule has 7 nitrogen and oxygen atoms in total. The molecule has 2 heterocycles. The summed E-state index contributed by atoms with van der Waals surface area (Å²) in [6.07, 6.45) is 3.18. The molecule has 7 heteroatoms. The number of hydrogen-bond acceptors (Lipinski definition) is 7. The molecule has 0 unspecified atom stereocenters. The Balaban J connectivity index is 1.79. The number of aliphatic hydroxyl groups is 2. The second-order valence-corrected chi connectivity index (χ2v) is 9.36. The lowest BCUT2D eigenvalue weighted by atomic mass is 9.42. The second-order valence-electron chi connectivity index (χ2n) is 9.36. The molecule has 0 radical (unpaired) electrons. The third-order valence-electron chi connectivity index (χ3n) is 8.02. The number of aliphatic hydroxyl groups excluding tert-OH is 2. The number of Topliss-reactive ketones (excluding diaryl/α,β-unsaturated/α-hetero) is 1. The molecule has 3 aliphatic rings. The van der Waals surface area contributed by atoms with Crippen LogP contribution in [0.15, 0.2) is 23.0 Å². The maximum Gasteiger partial charge on any atom is 0.302 e. The van der Waals surface area contributed by atoms with Crippen LogP contribution in [-0.4, -0.2) is 53.0 Å². The molecule has 160 valence electrons. The maximum absolute atomic E-state index is 13.5. The number of ether oxygens (including phenoxy) is 2. The highest BCUT2D eigenvalue weighted by molar-refractivity contribution is 5.89. The number of furan rings is 1. The van der Waals surface area contributed by atoms with E-state index in [-0.39, 0.29) is 24.7 Å². The average Bonchev–Trinajstić information content (AvgIpc) is 3.27. The van der Waals surface area contributed by atoms with Gasteiger partial charge in [-0.25, -0.2) is 0 Å². The van der Waals surface area contributed by atoms with Gasteiger partial charge in [-0.2, -0.15) is 0 Å². The molecule has 2 aliphatic carbocycles. The molecule has 3 fully saturated rings. The van der Waals surface area contributed by atoms with Gasteiger partial charge in [-0.1, -0.05) is 13.8 Å². The highest BCUT2D eigenvalue weighted by Crippen LogP contribution is 2.67. The van der Waals surface area contributed by atoms with Gasteiger partial charge in [0.05, 0.1) is 31.3 Å². The molecule has 7 atom stereocenters. The molecule has 29 heavy (non-hydrogen) atoms. The predicted octanol–water partition coefficient (Wildman–Crippen LogP) is 1.89. The van der Waals surface area contributed by atoms with Crippen LogP contribution in [0.5, 0.6) is 0 Å². The first kappa shape index (κ1) is 20.6. The van der Waals surface area contributed by atoms with Gasteiger partial charge in [-0.15, -0.1) is 0 Å². The average molecular weight is 406 g/mol. The van der Waals surface area contributed by atoms with Gasteiger partial charge in [0.2, 0.25) is 0 Å². The molecule has 1 spiro atoms. The molecule has 1 aromatic heterocycles. The van der Waals surface area contributed by atoms with Crippen molar-refractivity contribution in [3.8, 4) is 0 Å². The number of carbonyl (C=O) groups excluding carboxylic acids is 2. The van der Waals surface area contributed by atoms with Crippen molar-refractivity contribution in [2.24, 2.45) is 22.7 Å². The lowest BCUT2D eigenvalue weighted by Crippen LogP contribution is -2.70. The summed E-state index contributed by atoms with van der Waals surface area (Å²) in [6.45, 7) is 5.50. The third kappa shape index (κ3) is 2.89. The van der Waals surface area contributed by atoms with Crippen molar-refractivity contribution in [1.29, 1.82) is 0 Å². The molecular weight excluding hydrogens is 376 g/mol. The maximum atomic E-state index is 13.5. The smallest absolute Gasteiger partial charge is 0.302 e. The van der Waals surface area contributed by atoms with Crippen LogP contribution in [-0.2, 0) is 25.5 Å². The first-order valence-electron chi connectivity index (χ1n) is 10.4. The van der Waals surface area contributed by atoms with Crippen molar-refractivity contribution < 1.29 is 33.7 Å². The summed E-state index contributed by atoms with van der Waals surface area (Å²) in [7, 11) is 0. The fourth-order valence-electron chi connectivity index (χ4n) is 6.14. The minimum Gasteiger partial charge on any atom is -0.472 e. The molecule has 1 aromatic rings. The first-order chi connectivity index (χ1) is 13.7. The molecule has 1 saturated heterocycles. The van der Waals surface area contributed by atoms with Crippen molar-refractivity contribution in [2.45, 2.75) is 64.3 Å². The van der Waals surface area contributed by atoms with E-state index in [1.807, 2.05) is 13.8 Å². The van der Waals surface area contributed by atoms with Gasteiger partial charge in [-0.3, -0.25) is 9.59 Å². The van der Waals surface area contributed by atoms with Crippen LogP contribution in [0.4, 0.5) is 0 Å². The zero-order valence-corrected chi connectivity index (χ0v) is 17.2. The molecular formula is C22H30O7. The summed E-state index contributed by atoms with van der Waals surface area (Å²) in [5.74, 6) is -1.25. The van der Waals surface area contributed by atoms with Crippen LogP contribution < -0.4 is 0 Å². The van der Waals surface area contributed by atoms with E-state index < -0.39 is 40.5 Å². The van der Waals surface area contributed by atoms with Crippen molar-refractivity contribution in [2.75, 3.05) is 13.2 Å². The number of ketones is 1. The fraction of sp³-hybridized carbons (Fsp3) is 0.727. The van der Waals surface area contributed by atoms with Crippen LogP contribution >= 0.6 is 0 Å². The van der Waals surface area contributed by atoms with Gasteiger partial charge >= 0.3 is 5.97 Å². The lowest BCUT2D eigenvalue weighted by molar-refractivity contribution is -0.219. The van der Waals surface area contributed by atoms with E-state index in [0.29, 0.717) is 25.9 Å². The number of fused-ring (bicyclic) bond motifs is 2.